The molecule has 2 aromatic rings. The smallest absolute Gasteiger partial charge is 0.270 e. The van der Waals surface area contributed by atoms with Gasteiger partial charge in [0.05, 0.1) is 6.54 Å². The molecule has 78 valence electrons. The van der Waals surface area contributed by atoms with Crippen molar-refractivity contribution in [2.45, 2.75) is 6.54 Å². The van der Waals surface area contributed by atoms with Crippen molar-refractivity contribution in [2.24, 2.45) is 0 Å². The van der Waals surface area contributed by atoms with E-state index >= 15 is 0 Å². The van der Waals surface area contributed by atoms with Gasteiger partial charge in [-0.3, -0.25) is 4.79 Å². The molecule has 2 aromatic heterocycles. The van der Waals surface area contributed by atoms with Crippen LogP contribution in [-0.2, 0) is 6.54 Å². The Morgan fingerprint density at radius 1 is 1.47 bits per heavy atom. The van der Waals surface area contributed by atoms with Crippen LogP contribution in [0.25, 0.3) is 0 Å². The van der Waals surface area contributed by atoms with E-state index in [9.17, 15) is 4.79 Å². The van der Waals surface area contributed by atoms with Crippen LogP contribution in [0.4, 0.5) is 0 Å². The highest BCUT2D eigenvalue weighted by Crippen LogP contribution is 2.03. The highest BCUT2D eigenvalue weighted by Gasteiger charge is 2.12. The Hall–Kier alpha value is -2.04. The lowest BCUT2D eigenvalue weighted by molar-refractivity contribution is 0.0777. The van der Waals surface area contributed by atoms with Crippen molar-refractivity contribution in [3.8, 4) is 0 Å². The molecule has 0 aliphatic rings. The normalized spacial score (nSPS) is 10.2. The van der Waals surface area contributed by atoms with Gasteiger partial charge in [-0.15, -0.1) is 0 Å². The summed E-state index contributed by atoms with van der Waals surface area (Å²) in [5, 5.41) is 0. The van der Waals surface area contributed by atoms with Crippen LogP contribution in [0.15, 0.2) is 30.7 Å². The van der Waals surface area contributed by atoms with Crippen LogP contribution in [0.3, 0.4) is 0 Å². The first kappa shape index (κ1) is 9.51. The van der Waals surface area contributed by atoms with Gasteiger partial charge in [0.1, 0.15) is 11.5 Å². The molecule has 2 heterocycles. The van der Waals surface area contributed by atoms with Crippen molar-refractivity contribution in [1.29, 1.82) is 0 Å². The number of nitrogens with one attached hydrogen (secondary N) is 2. The molecule has 5 heteroatoms. The first-order valence-electron chi connectivity index (χ1n) is 4.64. The Kier molecular flexibility index (Phi) is 2.53. The minimum Gasteiger partial charge on any atom is -0.357 e. The van der Waals surface area contributed by atoms with E-state index in [1.807, 2.05) is 0 Å². The topological polar surface area (TPSA) is 64.8 Å². The summed E-state index contributed by atoms with van der Waals surface area (Å²) >= 11 is 0. The largest absolute Gasteiger partial charge is 0.357 e. The molecule has 0 saturated carbocycles. The van der Waals surface area contributed by atoms with Crippen LogP contribution in [-0.4, -0.2) is 32.8 Å². The van der Waals surface area contributed by atoms with E-state index in [0.29, 0.717) is 12.2 Å². The first-order valence-corrected chi connectivity index (χ1v) is 4.64. The molecular weight excluding hydrogens is 192 g/mol. The van der Waals surface area contributed by atoms with Crippen LogP contribution < -0.4 is 0 Å². The molecule has 0 fully saturated rings. The summed E-state index contributed by atoms with van der Waals surface area (Å²) in [7, 11) is 1.74. The fourth-order valence-corrected chi connectivity index (χ4v) is 1.35. The molecule has 0 spiro atoms. The van der Waals surface area contributed by atoms with Crippen LogP contribution >= 0.6 is 0 Å². The van der Waals surface area contributed by atoms with Gasteiger partial charge in [-0.25, -0.2) is 4.98 Å². The van der Waals surface area contributed by atoms with E-state index in [0.717, 1.165) is 5.82 Å². The number of amides is 1. The van der Waals surface area contributed by atoms with Crippen LogP contribution in [0, 0.1) is 0 Å². The standard InChI is InChI=1S/C10H12N4O/c1-14(7-9-12-5-6-13-9)10(15)8-3-2-4-11-8/h2-6,11H,7H2,1H3,(H,12,13). The van der Waals surface area contributed by atoms with Crippen LogP contribution in [0.2, 0.25) is 0 Å². The molecule has 0 radical (unpaired) electrons. The summed E-state index contributed by atoms with van der Waals surface area (Å²) in [5.74, 6) is 0.730. The lowest BCUT2D eigenvalue weighted by atomic mass is 10.3. The molecule has 0 aliphatic carbocycles. The van der Waals surface area contributed by atoms with Crippen molar-refractivity contribution in [3.05, 3.63) is 42.2 Å². The summed E-state index contributed by atoms with van der Waals surface area (Å²) in [6.07, 6.45) is 5.14. The molecule has 2 rings (SSSR count). The van der Waals surface area contributed by atoms with E-state index in [-0.39, 0.29) is 5.91 Å². The van der Waals surface area contributed by atoms with E-state index < -0.39 is 0 Å². The minimum absolute atomic E-state index is 0.0450. The second kappa shape index (κ2) is 4.00. The van der Waals surface area contributed by atoms with Gasteiger partial charge >= 0.3 is 0 Å². The minimum atomic E-state index is -0.0450. The zero-order valence-corrected chi connectivity index (χ0v) is 8.40. The monoisotopic (exact) mass is 204 g/mol. The van der Waals surface area contributed by atoms with Crippen molar-refractivity contribution >= 4 is 5.91 Å². The van der Waals surface area contributed by atoms with E-state index in [1.165, 1.54) is 0 Å². The molecular formula is C10H12N4O. The van der Waals surface area contributed by atoms with Crippen molar-refractivity contribution in [3.63, 3.8) is 0 Å². The summed E-state index contributed by atoms with van der Waals surface area (Å²) < 4.78 is 0. The molecule has 1 amide bonds. The maximum Gasteiger partial charge on any atom is 0.270 e. The highest BCUT2D eigenvalue weighted by molar-refractivity contribution is 5.92. The summed E-state index contributed by atoms with van der Waals surface area (Å²) in [5.41, 5.74) is 0.587. The molecule has 0 aliphatic heterocycles. The SMILES string of the molecule is CN(Cc1ncc[nH]1)C(=O)c1ccc[nH]1. The Bertz CT molecular complexity index is 418. The predicted octanol–water partition coefficient (Wildman–Crippen LogP) is 1.01. The number of hydrogen-bond acceptors (Lipinski definition) is 2. The van der Waals surface area contributed by atoms with Gasteiger partial charge in [0.2, 0.25) is 0 Å². The third-order valence-electron chi connectivity index (χ3n) is 2.12. The zero-order valence-electron chi connectivity index (χ0n) is 8.40. The number of hydrogen-bond donors (Lipinski definition) is 2. The predicted molar refractivity (Wildman–Crippen MR) is 55.2 cm³/mol. The fraction of sp³-hybridized carbons (Fsp3) is 0.200. The second-order valence-electron chi connectivity index (χ2n) is 3.28. The molecule has 2 N–H and O–H groups in total. The average molecular weight is 204 g/mol. The molecule has 0 aromatic carbocycles. The summed E-state index contributed by atoms with van der Waals surface area (Å²) in [6.45, 7) is 0.477. The van der Waals surface area contributed by atoms with Crippen LogP contribution in [0.5, 0.6) is 0 Å². The Labute approximate surface area is 87.1 Å². The number of aromatic nitrogens is 3. The summed E-state index contributed by atoms with van der Waals surface area (Å²) in [6, 6.07) is 3.55. The van der Waals surface area contributed by atoms with Crippen LogP contribution in [0.1, 0.15) is 16.3 Å². The quantitative estimate of drug-likeness (QED) is 0.783. The molecule has 5 nitrogen and oxygen atoms in total. The van der Waals surface area contributed by atoms with Gasteiger partial charge in [-0.2, -0.15) is 0 Å². The van der Waals surface area contributed by atoms with Crippen molar-refractivity contribution < 1.29 is 4.79 Å². The molecule has 0 unspecified atom stereocenters. The third kappa shape index (κ3) is 2.07. The third-order valence-corrected chi connectivity index (χ3v) is 2.12. The lowest BCUT2D eigenvalue weighted by Gasteiger charge is -2.14. The van der Waals surface area contributed by atoms with Gasteiger partial charge in [-0.1, -0.05) is 0 Å². The lowest BCUT2D eigenvalue weighted by Crippen LogP contribution is -2.26. The number of nitrogens with zero attached hydrogens (tertiary/aromatic N) is 2. The van der Waals surface area contributed by atoms with E-state index in [4.69, 9.17) is 0 Å². The second-order valence-corrected chi connectivity index (χ2v) is 3.28. The molecule has 0 bridgehead atoms. The highest BCUT2D eigenvalue weighted by atomic mass is 16.2. The summed E-state index contributed by atoms with van der Waals surface area (Å²) in [4.78, 5) is 23.3. The maximum atomic E-state index is 11.8. The average Bonchev–Trinajstić information content (AvgIpc) is 2.88. The van der Waals surface area contributed by atoms with Crippen molar-refractivity contribution in [2.75, 3.05) is 7.05 Å². The number of carbonyl (C=O) groups excluding carboxylic acids is 1. The van der Waals surface area contributed by atoms with E-state index in [2.05, 4.69) is 15.0 Å². The zero-order chi connectivity index (χ0) is 10.7. The number of H-pyrrole nitrogens is 2. The fourth-order valence-electron chi connectivity index (χ4n) is 1.35. The number of rotatable bonds is 3. The Balaban J connectivity index is 2.03. The molecule has 0 atom stereocenters. The van der Waals surface area contributed by atoms with Gasteiger partial charge in [-0.05, 0) is 12.1 Å². The first-order chi connectivity index (χ1) is 7.27. The van der Waals surface area contributed by atoms with Crippen molar-refractivity contribution in [1.82, 2.24) is 19.9 Å². The van der Waals surface area contributed by atoms with Gasteiger partial charge in [0.15, 0.2) is 0 Å². The van der Waals surface area contributed by atoms with E-state index in [1.54, 1.807) is 42.7 Å². The molecule has 0 saturated heterocycles. The Morgan fingerprint density at radius 2 is 2.33 bits per heavy atom. The van der Waals surface area contributed by atoms with Gasteiger partial charge in [0, 0.05) is 25.6 Å². The number of imidazole rings is 1. The van der Waals surface area contributed by atoms with Gasteiger partial charge in [0.25, 0.3) is 5.91 Å². The Morgan fingerprint density at radius 3 is 2.93 bits per heavy atom. The maximum absolute atomic E-state index is 11.8. The molecule has 15 heavy (non-hydrogen) atoms. The number of carbonyl (C=O) groups is 1. The van der Waals surface area contributed by atoms with Gasteiger partial charge < -0.3 is 14.9 Å². The number of aromatic amines is 2.